The molecule has 1 amide bonds. The summed E-state index contributed by atoms with van der Waals surface area (Å²) in [4.78, 5) is 34.7. The first-order valence-electron chi connectivity index (χ1n) is 10.8. The molecule has 1 saturated heterocycles. The minimum absolute atomic E-state index is 0.0258. The van der Waals surface area contributed by atoms with Gasteiger partial charge in [0.1, 0.15) is 0 Å². The number of carbonyl (C=O) groups is 1. The highest BCUT2D eigenvalue weighted by molar-refractivity contribution is 7.15. The summed E-state index contributed by atoms with van der Waals surface area (Å²) < 4.78 is 1.58. The molecular weight excluding hydrogens is 422 g/mol. The predicted molar refractivity (Wildman–Crippen MR) is 128 cm³/mol. The lowest BCUT2D eigenvalue weighted by Gasteiger charge is -2.34. The van der Waals surface area contributed by atoms with E-state index in [9.17, 15) is 9.59 Å². The van der Waals surface area contributed by atoms with Crippen molar-refractivity contribution in [3.63, 3.8) is 0 Å². The van der Waals surface area contributed by atoms with E-state index in [0.29, 0.717) is 13.0 Å². The first-order chi connectivity index (χ1) is 15.7. The summed E-state index contributed by atoms with van der Waals surface area (Å²) in [5, 5.41) is 7.13. The van der Waals surface area contributed by atoms with Gasteiger partial charge in [-0.2, -0.15) is 0 Å². The zero-order valence-corrected chi connectivity index (χ0v) is 18.6. The van der Waals surface area contributed by atoms with Gasteiger partial charge in [0.25, 0.3) is 5.56 Å². The third-order valence-corrected chi connectivity index (χ3v) is 6.68. The standard InChI is InChI=1S/C24H25N5O2S/c30-22(26-21-7-3-5-18-4-1-2-6-20(18)21)8-9-27-10-12-28(13-11-27)17-19-16-23(31)29-14-15-32-24(29)25-19/h1-7,14-16H,8-13,17H2,(H,26,30). The Morgan fingerprint density at radius 2 is 1.81 bits per heavy atom. The summed E-state index contributed by atoms with van der Waals surface area (Å²) in [6.07, 6.45) is 2.23. The number of benzene rings is 2. The average Bonchev–Trinajstić information content (AvgIpc) is 3.28. The average molecular weight is 448 g/mol. The number of amides is 1. The number of fused-ring (bicyclic) bond motifs is 2. The SMILES string of the molecule is O=C(CCN1CCN(Cc2cc(=O)n3ccsc3n2)CC1)Nc1cccc2ccccc12. The van der Waals surface area contributed by atoms with Crippen molar-refractivity contribution in [1.82, 2.24) is 19.2 Å². The van der Waals surface area contributed by atoms with Crippen molar-refractivity contribution in [1.29, 1.82) is 0 Å². The molecule has 164 valence electrons. The van der Waals surface area contributed by atoms with Crippen LogP contribution in [0.1, 0.15) is 12.1 Å². The van der Waals surface area contributed by atoms with E-state index in [-0.39, 0.29) is 11.5 Å². The van der Waals surface area contributed by atoms with E-state index < -0.39 is 0 Å². The van der Waals surface area contributed by atoms with Crippen molar-refractivity contribution in [3.8, 4) is 0 Å². The lowest BCUT2D eigenvalue weighted by Crippen LogP contribution is -2.46. The molecule has 0 saturated carbocycles. The molecule has 0 atom stereocenters. The number of piperazine rings is 1. The van der Waals surface area contributed by atoms with Crippen molar-refractivity contribution < 1.29 is 4.79 Å². The van der Waals surface area contributed by atoms with Crippen LogP contribution in [0, 0.1) is 0 Å². The van der Waals surface area contributed by atoms with Crippen LogP contribution in [0.5, 0.6) is 0 Å². The number of carbonyl (C=O) groups excluding carboxylic acids is 1. The van der Waals surface area contributed by atoms with Crippen molar-refractivity contribution >= 4 is 38.7 Å². The van der Waals surface area contributed by atoms with Gasteiger partial charge in [-0.15, -0.1) is 11.3 Å². The molecule has 4 aromatic rings. The normalized spacial score (nSPS) is 15.4. The first-order valence-corrected chi connectivity index (χ1v) is 11.7. The van der Waals surface area contributed by atoms with Gasteiger partial charge < -0.3 is 10.2 Å². The highest BCUT2D eigenvalue weighted by Crippen LogP contribution is 2.23. The van der Waals surface area contributed by atoms with Gasteiger partial charge >= 0.3 is 0 Å². The Hall–Kier alpha value is -3.07. The van der Waals surface area contributed by atoms with Gasteiger partial charge in [0, 0.05) is 74.4 Å². The lowest BCUT2D eigenvalue weighted by atomic mass is 10.1. The summed E-state index contributed by atoms with van der Waals surface area (Å²) in [5.41, 5.74) is 1.66. The molecule has 32 heavy (non-hydrogen) atoms. The highest BCUT2D eigenvalue weighted by Gasteiger charge is 2.19. The molecule has 2 aromatic heterocycles. The molecule has 1 aliphatic rings. The van der Waals surface area contributed by atoms with Crippen LogP contribution >= 0.6 is 11.3 Å². The van der Waals surface area contributed by atoms with Gasteiger partial charge in [0.05, 0.1) is 5.69 Å². The number of anilines is 1. The monoisotopic (exact) mass is 447 g/mol. The fourth-order valence-corrected chi connectivity index (χ4v) is 4.91. The van der Waals surface area contributed by atoms with Gasteiger partial charge in [0.15, 0.2) is 4.96 Å². The van der Waals surface area contributed by atoms with E-state index in [2.05, 4.69) is 32.2 Å². The number of nitrogens with one attached hydrogen (secondary N) is 1. The van der Waals surface area contributed by atoms with Crippen molar-refractivity contribution in [2.75, 3.05) is 38.0 Å². The Labute approximate surface area is 189 Å². The van der Waals surface area contributed by atoms with Gasteiger partial charge in [0.2, 0.25) is 5.91 Å². The Morgan fingerprint density at radius 3 is 2.69 bits per heavy atom. The highest BCUT2D eigenvalue weighted by atomic mass is 32.1. The number of rotatable bonds is 6. The van der Waals surface area contributed by atoms with Crippen LogP contribution in [0.2, 0.25) is 0 Å². The topological polar surface area (TPSA) is 70.0 Å². The maximum absolute atomic E-state index is 12.5. The number of thiazole rings is 1. The second kappa shape index (κ2) is 9.20. The fraction of sp³-hybridized carbons (Fsp3) is 0.292. The van der Waals surface area contributed by atoms with E-state index in [1.165, 1.54) is 11.3 Å². The number of aromatic nitrogens is 2. The number of hydrogen-bond acceptors (Lipinski definition) is 6. The van der Waals surface area contributed by atoms with Crippen LogP contribution in [0.25, 0.3) is 15.7 Å². The molecule has 0 unspecified atom stereocenters. The second-order valence-electron chi connectivity index (χ2n) is 8.08. The summed E-state index contributed by atoms with van der Waals surface area (Å²) in [6.45, 7) is 5.03. The van der Waals surface area contributed by atoms with Gasteiger partial charge in [-0.3, -0.25) is 18.9 Å². The van der Waals surface area contributed by atoms with Gasteiger partial charge in [-0.05, 0) is 11.5 Å². The molecule has 0 bridgehead atoms. The van der Waals surface area contributed by atoms with E-state index >= 15 is 0 Å². The second-order valence-corrected chi connectivity index (χ2v) is 8.96. The molecule has 1 N–H and O–H groups in total. The molecule has 1 aliphatic heterocycles. The van der Waals surface area contributed by atoms with Crippen LogP contribution in [-0.4, -0.2) is 57.8 Å². The molecule has 8 heteroatoms. The maximum atomic E-state index is 12.5. The smallest absolute Gasteiger partial charge is 0.258 e. The van der Waals surface area contributed by atoms with Gasteiger partial charge in [-0.1, -0.05) is 36.4 Å². The molecule has 0 spiro atoms. The Kier molecular flexibility index (Phi) is 5.98. The van der Waals surface area contributed by atoms with E-state index in [0.717, 1.165) is 59.8 Å². The van der Waals surface area contributed by atoms with Crippen LogP contribution < -0.4 is 10.9 Å². The zero-order chi connectivity index (χ0) is 21.9. The third-order valence-electron chi connectivity index (χ3n) is 5.93. The van der Waals surface area contributed by atoms with Gasteiger partial charge in [-0.25, -0.2) is 4.98 Å². The minimum Gasteiger partial charge on any atom is -0.325 e. The zero-order valence-electron chi connectivity index (χ0n) is 17.7. The largest absolute Gasteiger partial charge is 0.325 e. The summed E-state index contributed by atoms with van der Waals surface area (Å²) in [5.74, 6) is 0.0395. The lowest BCUT2D eigenvalue weighted by molar-refractivity contribution is -0.116. The molecule has 5 rings (SSSR count). The quantitative estimate of drug-likeness (QED) is 0.492. The van der Waals surface area contributed by atoms with E-state index in [4.69, 9.17) is 0 Å². The Bertz CT molecular complexity index is 1300. The molecule has 3 heterocycles. The molecular formula is C24H25N5O2S. The summed E-state index contributed by atoms with van der Waals surface area (Å²) in [7, 11) is 0. The van der Waals surface area contributed by atoms with E-state index in [1.807, 2.05) is 35.7 Å². The van der Waals surface area contributed by atoms with E-state index in [1.54, 1.807) is 16.7 Å². The van der Waals surface area contributed by atoms with Crippen molar-refractivity contribution in [2.45, 2.75) is 13.0 Å². The van der Waals surface area contributed by atoms with Crippen LogP contribution in [-0.2, 0) is 11.3 Å². The van der Waals surface area contributed by atoms with Crippen LogP contribution in [0.3, 0.4) is 0 Å². The fourth-order valence-electron chi connectivity index (χ4n) is 4.18. The third kappa shape index (κ3) is 4.57. The Morgan fingerprint density at radius 1 is 1.03 bits per heavy atom. The van der Waals surface area contributed by atoms with Crippen LogP contribution in [0.15, 0.2) is 64.9 Å². The van der Waals surface area contributed by atoms with Crippen molar-refractivity contribution in [2.24, 2.45) is 0 Å². The number of hydrogen-bond donors (Lipinski definition) is 1. The number of nitrogens with zero attached hydrogens (tertiary/aromatic N) is 4. The summed E-state index contributed by atoms with van der Waals surface area (Å²) >= 11 is 1.48. The van der Waals surface area contributed by atoms with Crippen molar-refractivity contribution in [3.05, 3.63) is 76.2 Å². The first kappa shape index (κ1) is 20.8. The predicted octanol–water partition coefficient (Wildman–Crippen LogP) is 3.06. The minimum atomic E-state index is -0.0258. The molecule has 0 aliphatic carbocycles. The molecule has 7 nitrogen and oxygen atoms in total. The maximum Gasteiger partial charge on any atom is 0.258 e. The Balaban J connectivity index is 1.11. The molecule has 2 aromatic carbocycles. The van der Waals surface area contributed by atoms with Crippen LogP contribution in [0.4, 0.5) is 5.69 Å². The molecule has 1 fully saturated rings. The molecule has 0 radical (unpaired) electrons. The summed E-state index contributed by atoms with van der Waals surface area (Å²) in [6, 6.07) is 15.7.